The zero-order valence-corrected chi connectivity index (χ0v) is 20.9. The molecule has 2 heterocycles. The number of nitrogens with zero attached hydrogens (tertiary/aromatic N) is 1. The number of benzene rings is 2. The molecule has 2 aromatic carbocycles. The second-order valence-electron chi connectivity index (χ2n) is 8.50. The van der Waals surface area contributed by atoms with Crippen molar-refractivity contribution in [1.29, 1.82) is 0 Å². The molecule has 1 fully saturated rings. The number of hydrogen-bond acceptors (Lipinski definition) is 8. The lowest BCUT2D eigenvalue weighted by Crippen LogP contribution is -2.65. The second kappa shape index (κ2) is 8.18. The summed E-state index contributed by atoms with van der Waals surface area (Å²) in [4.78, 5) is 17.5. The molecule has 10 heteroatoms. The average molecular weight is 563 g/mol. The molecule has 0 unspecified atom stereocenters. The highest BCUT2D eigenvalue weighted by atomic mass is 79.9. The van der Waals surface area contributed by atoms with E-state index in [1.807, 2.05) is 0 Å². The van der Waals surface area contributed by atoms with E-state index in [4.69, 9.17) is 25.8 Å². The number of halogens is 2. The van der Waals surface area contributed by atoms with E-state index in [1.165, 1.54) is 13.2 Å². The maximum absolute atomic E-state index is 13.4. The number of ether oxygens (including phenoxy) is 3. The highest BCUT2D eigenvalue weighted by Gasteiger charge is 2.84. The van der Waals surface area contributed by atoms with Crippen molar-refractivity contribution in [2.75, 3.05) is 14.2 Å². The van der Waals surface area contributed by atoms with Crippen LogP contribution in [0.2, 0.25) is 5.15 Å². The van der Waals surface area contributed by atoms with Crippen LogP contribution in [0.3, 0.4) is 0 Å². The third kappa shape index (κ3) is 3.02. The highest BCUT2D eigenvalue weighted by molar-refractivity contribution is 9.10. The fourth-order valence-electron chi connectivity index (χ4n) is 5.54. The van der Waals surface area contributed by atoms with Crippen LogP contribution >= 0.6 is 27.5 Å². The van der Waals surface area contributed by atoms with Crippen molar-refractivity contribution in [3.8, 4) is 11.6 Å². The molecule has 1 aliphatic heterocycles. The molecule has 3 N–H and O–H groups in total. The fourth-order valence-corrected chi connectivity index (χ4v) is 5.98. The first-order valence-corrected chi connectivity index (χ1v) is 11.8. The third-order valence-corrected chi connectivity index (χ3v) is 7.64. The zero-order valence-electron chi connectivity index (χ0n) is 18.6. The first-order chi connectivity index (χ1) is 16.6. The molecule has 35 heavy (non-hydrogen) atoms. The van der Waals surface area contributed by atoms with Crippen molar-refractivity contribution in [2.24, 2.45) is 5.92 Å². The number of methoxy groups -OCH3 is 2. The summed E-state index contributed by atoms with van der Waals surface area (Å²) in [5.41, 5.74) is -4.12. The van der Waals surface area contributed by atoms with Gasteiger partial charge < -0.3 is 29.5 Å². The Morgan fingerprint density at radius 3 is 2.34 bits per heavy atom. The SMILES string of the molecule is COC(=O)[C@H]1[C@@H](c2ccccc2)[C@]2(c3ccc(Br)cc3)Oc3cc(Cl)nc(OC)c3[C@@]1(O)C2(O)O. The van der Waals surface area contributed by atoms with Crippen LogP contribution in [0.15, 0.2) is 65.1 Å². The van der Waals surface area contributed by atoms with Gasteiger partial charge in [-0.05, 0) is 17.7 Å². The Bertz CT molecular complexity index is 1300. The third-order valence-electron chi connectivity index (χ3n) is 6.92. The molecule has 8 nitrogen and oxygen atoms in total. The van der Waals surface area contributed by atoms with Crippen LogP contribution in [0, 0.1) is 5.92 Å². The number of fused-ring (bicyclic) bond motifs is 4. The van der Waals surface area contributed by atoms with Gasteiger partial charge in [0.15, 0.2) is 11.2 Å². The first-order valence-electron chi connectivity index (χ1n) is 10.6. The molecular weight excluding hydrogens is 542 g/mol. The zero-order chi connectivity index (χ0) is 25.2. The summed E-state index contributed by atoms with van der Waals surface area (Å²) in [7, 11) is 2.45. The number of pyridine rings is 1. The van der Waals surface area contributed by atoms with Gasteiger partial charge in [0, 0.05) is 16.1 Å². The molecule has 0 radical (unpaired) electrons. The van der Waals surface area contributed by atoms with Gasteiger partial charge in [-0.15, -0.1) is 0 Å². The molecule has 3 aromatic rings. The molecular formula is C25H21BrClNO7. The lowest BCUT2D eigenvalue weighted by molar-refractivity contribution is -0.341. The van der Waals surface area contributed by atoms with E-state index >= 15 is 0 Å². The van der Waals surface area contributed by atoms with Gasteiger partial charge in [0.1, 0.15) is 16.8 Å². The summed E-state index contributed by atoms with van der Waals surface area (Å²) in [6.07, 6.45) is 0. The van der Waals surface area contributed by atoms with E-state index in [-0.39, 0.29) is 22.3 Å². The number of rotatable bonds is 4. The standard InChI is InChI=1S/C25H21BrClNO7/c1-33-21-19-16(12-17(27)28-21)35-24(14-8-10-15(26)11-9-14)18(13-6-4-3-5-7-13)20(22(29)34-2)23(19,30)25(24,31)32/h3-12,18,20,30-32H,1-2H3/t18-,20-,23+,24+/m1/s1. The minimum absolute atomic E-state index is 0.00155. The smallest absolute Gasteiger partial charge is 0.312 e. The van der Waals surface area contributed by atoms with Crippen molar-refractivity contribution < 1.29 is 34.3 Å². The van der Waals surface area contributed by atoms with Crippen LogP contribution in [0.5, 0.6) is 11.6 Å². The largest absolute Gasteiger partial charge is 0.481 e. The number of aromatic nitrogens is 1. The summed E-state index contributed by atoms with van der Waals surface area (Å²) in [6.45, 7) is 0. The van der Waals surface area contributed by atoms with Gasteiger partial charge in [0.05, 0.1) is 25.7 Å². The van der Waals surface area contributed by atoms with Crippen molar-refractivity contribution in [3.05, 3.63) is 87.0 Å². The molecule has 0 spiro atoms. The molecule has 1 saturated carbocycles. The predicted octanol–water partition coefficient (Wildman–Crippen LogP) is 3.25. The van der Waals surface area contributed by atoms with Crippen LogP contribution in [0.4, 0.5) is 0 Å². The maximum atomic E-state index is 13.4. The molecule has 0 amide bonds. The predicted molar refractivity (Wildman–Crippen MR) is 128 cm³/mol. The summed E-state index contributed by atoms with van der Waals surface area (Å²) in [5.74, 6) is -6.79. The van der Waals surface area contributed by atoms with Gasteiger partial charge in [-0.25, -0.2) is 4.98 Å². The van der Waals surface area contributed by atoms with Crippen molar-refractivity contribution in [2.45, 2.75) is 22.9 Å². The van der Waals surface area contributed by atoms with E-state index < -0.39 is 34.8 Å². The number of hydrogen-bond donors (Lipinski definition) is 3. The van der Waals surface area contributed by atoms with Gasteiger partial charge in [-0.1, -0.05) is 70.0 Å². The second-order valence-corrected chi connectivity index (χ2v) is 9.80. The van der Waals surface area contributed by atoms with Gasteiger partial charge in [-0.2, -0.15) is 0 Å². The highest BCUT2D eigenvalue weighted by Crippen LogP contribution is 2.71. The van der Waals surface area contributed by atoms with E-state index in [1.54, 1.807) is 54.6 Å². The van der Waals surface area contributed by atoms with Gasteiger partial charge >= 0.3 is 5.97 Å². The Morgan fingerprint density at radius 1 is 1.09 bits per heavy atom. The molecule has 182 valence electrons. The minimum Gasteiger partial charge on any atom is -0.481 e. The number of carbonyl (C=O) groups excluding carboxylic acids is 1. The summed E-state index contributed by atoms with van der Waals surface area (Å²) >= 11 is 9.60. The van der Waals surface area contributed by atoms with E-state index in [9.17, 15) is 20.1 Å². The van der Waals surface area contributed by atoms with Crippen LogP contribution in [-0.2, 0) is 20.7 Å². The Morgan fingerprint density at radius 2 is 1.74 bits per heavy atom. The van der Waals surface area contributed by atoms with E-state index in [0.29, 0.717) is 11.1 Å². The number of aliphatic hydroxyl groups is 3. The lowest BCUT2D eigenvalue weighted by atomic mass is 9.74. The Labute approximate surface area is 214 Å². The quantitative estimate of drug-likeness (QED) is 0.252. The molecule has 1 aliphatic carbocycles. The molecule has 5 rings (SSSR count). The molecule has 1 aromatic heterocycles. The van der Waals surface area contributed by atoms with Crippen LogP contribution in [0.1, 0.15) is 22.6 Å². The number of carbonyl (C=O) groups is 1. The molecule has 0 saturated heterocycles. The van der Waals surface area contributed by atoms with Crippen LogP contribution in [-0.4, -0.2) is 46.3 Å². The van der Waals surface area contributed by atoms with Crippen LogP contribution < -0.4 is 9.47 Å². The number of esters is 1. The van der Waals surface area contributed by atoms with Gasteiger partial charge in [-0.3, -0.25) is 4.79 Å². The van der Waals surface area contributed by atoms with Crippen molar-refractivity contribution in [1.82, 2.24) is 4.98 Å². The Kier molecular flexibility index (Phi) is 5.61. The molecule has 4 atom stereocenters. The van der Waals surface area contributed by atoms with Gasteiger partial charge in [0.25, 0.3) is 0 Å². The summed E-state index contributed by atoms with van der Waals surface area (Å²) in [5, 5.41) is 36.2. The summed E-state index contributed by atoms with van der Waals surface area (Å²) < 4.78 is 17.6. The minimum atomic E-state index is -3.05. The van der Waals surface area contributed by atoms with E-state index in [0.717, 1.165) is 11.6 Å². The van der Waals surface area contributed by atoms with Crippen LogP contribution in [0.25, 0.3) is 0 Å². The topological polar surface area (TPSA) is 118 Å². The van der Waals surface area contributed by atoms with Crippen molar-refractivity contribution >= 4 is 33.5 Å². The Balaban J connectivity index is 1.96. The molecule has 2 aliphatic rings. The summed E-state index contributed by atoms with van der Waals surface area (Å²) in [6, 6.07) is 16.7. The van der Waals surface area contributed by atoms with Gasteiger partial charge in [0.2, 0.25) is 11.7 Å². The fraction of sp³-hybridized carbons (Fsp3) is 0.280. The Hall–Kier alpha value is -2.69. The molecule has 2 bridgehead atoms. The maximum Gasteiger partial charge on any atom is 0.312 e. The lowest BCUT2D eigenvalue weighted by Gasteiger charge is -2.49. The monoisotopic (exact) mass is 561 g/mol. The average Bonchev–Trinajstić information content (AvgIpc) is 2.92. The van der Waals surface area contributed by atoms with E-state index in [2.05, 4.69) is 20.9 Å². The van der Waals surface area contributed by atoms with Crippen molar-refractivity contribution in [3.63, 3.8) is 0 Å². The normalized spacial score (nSPS) is 28.1. The first kappa shape index (κ1) is 24.0.